The number of benzene rings is 2. The van der Waals surface area contributed by atoms with Crippen molar-refractivity contribution in [2.45, 2.75) is 6.18 Å². The molecule has 5 nitrogen and oxygen atoms in total. The third kappa shape index (κ3) is 2.34. The van der Waals surface area contributed by atoms with Crippen LogP contribution in [0.15, 0.2) is 58.1 Å². The second-order valence-corrected chi connectivity index (χ2v) is 6.21. The number of aromatic nitrogens is 1. The van der Waals surface area contributed by atoms with Crippen LogP contribution < -0.4 is 14.9 Å². The van der Waals surface area contributed by atoms with Gasteiger partial charge in [0.1, 0.15) is 11.8 Å². The van der Waals surface area contributed by atoms with Gasteiger partial charge in [-0.2, -0.15) is 13.2 Å². The number of fused-ring (bicyclic) bond motifs is 5. The molecule has 2 aromatic carbocycles. The Morgan fingerprint density at radius 2 is 1.82 bits per heavy atom. The predicted octanol–water partition coefficient (Wildman–Crippen LogP) is 4.76. The van der Waals surface area contributed by atoms with Gasteiger partial charge >= 0.3 is 6.18 Å². The SMILES string of the molecule is O=c1c(-c2ncccc2C(F)(F)F)coc2ccc3ccc4c(c3c12)OCO4. The molecule has 0 radical (unpaired) electrons. The molecule has 0 saturated heterocycles. The van der Waals surface area contributed by atoms with E-state index < -0.39 is 22.9 Å². The summed E-state index contributed by atoms with van der Waals surface area (Å²) in [5, 5.41) is 1.24. The highest BCUT2D eigenvalue weighted by atomic mass is 19.4. The van der Waals surface area contributed by atoms with Crippen molar-refractivity contribution in [1.29, 1.82) is 0 Å². The Bertz CT molecular complexity index is 1310. The molecule has 8 heteroatoms. The number of hydrogen-bond donors (Lipinski definition) is 0. The lowest BCUT2D eigenvalue weighted by molar-refractivity contribution is -0.137. The van der Waals surface area contributed by atoms with Crippen LogP contribution in [0.2, 0.25) is 0 Å². The zero-order valence-electron chi connectivity index (χ0n) is 14.0. The number of hydrogen-bond acceptors (Lipinski definition) is 5. The van der Waals surface area contributed by atoms with Crippen LogP contribution >= 0.6 is 0 Å². The minimum atomic E-state index is -4.66. The zero-order valence-corrected chi connectivity index (χ0v) is 14.0. The molecule has 0 spiro atoms. The first kappa shape index (κ1) is 16.6. The number of alkyl halides is 3. The molecule has 5 rings (SSSR count). The van der Waals surface area contributed by atoms with Crippen molar-refractivity contribution in [1.82, 2.24) is 4.98 Å². The van der Waals surface area contributed by atoms with E-state index in [1.807, 2.05) is 0 Å². The molecular formula is C20H10F3NO4. The summed E-state index contributed by atoms with van der Waals surface area (Å²) < 4.78 is 56.6. The highest BCUT2D eigenvalue weighted by molar-refractivity contribution is 6.10. The van der Waals surface area contributed by atoms with E-state index in [9.17, 15) is 18.0 Å². The van der Waals surface area contributed by atoms with Crippen molar-refractivity contribution in [3.8, 4) is 22.8 Å². The number of halogens is 3. The Morgan fingerprint density at radius 3 is 2.64 bits per heavy atom. The smallest absolute Gasteiger partial charge is 0.418 e. The van der Waals surface area contributed by atoms with Gasteiger partial charge in [0.25, 0.3) is 0 Å². The van der Waals surface area contributed by atoms with Crippen molar-refractivity contribution in [3.05, 3.63) is 64.6 Å². The van der Waals surface area contributed by atoms with E-state index in [4.69, 9.17) is 13.9 Å². The number of pyridine rings is 1. The van der Waals surface area contributed by atoms with Gasteiger partial charge in [-0.15, -0.1) is 0 Å². The molecule has 0 atom stereocenters. The van der Waals surface area contributed by atoms with Crippen LogP contribution in [-0.2, 0) is 6.18 Å². The molecule has 0 aliphatic carbocycles. The van der Waals surface area contributed by atoms with Gasteiger partial charge in [-0.3, -0.25) is 9.78 Å². The summed E-state index contributed by atoms with van der Waals surface area (Å²) in [6.45, 7) is -0.00563. The van der Waals surface area contributed by atoms with Gasteiger partial charge in [-0.1, -0.05) is 12.1 Å². The topological polar surface area (TPSA) is 61.6 Å². The first-order valence-electron chi connectivity index (χ1n) is 8.24. The normalized spacial score (nSPS) is 13.4. The monoisotopic (exact) mass is 385 g/mol. The third-order valence-electron chi connectivity index (χ3n) is 4.63. The average Bonchev–Trinajstić information content (AvgIpc) is 3.16. The first-order chi connectivity index (χ1) is 13.4. The van der Waals surface area contributed by atoms with Crippen molar-refractivity contribution >= 4 is 21.7 Å². The molecule has 0 saturated carbocycles. The first-order valence-corrected chi connectivity index (χ1v) is 8.24. The Labute approximate surface area is 154 Å². The maximum absolute atomic E-state index is 13.4. The lowest BCUT2D eigenvalue weighted by Crippen LogP contribution is -2.13. The molecule has 4 aromatic rings. The molecule has 0 N–H and O–H groups in total. The average molecular weight is 385 g/mol. The molecule has 3 heterocycles. The van der Waals surface area contributed by atoms with Crippen LogP contribution in [-0.4, -0.2) is 11.8 Å². The fourth-order valence-corrected chi connectivity index (χ4v) is 3.40. The summed E-state index contributed by atoms with van der Waals surface area (Å²) >= 11 is 0. The minimum Gasteiger partial charge on any atom is -0.463 e. The Hall–Kier alpha value is -3.55. The van der Waals surface area contributed by atoms with E-state index in [0.29, 0.717) is 22.3 Å². The van der Waals surface area contributed by atoms with Crippen molar-refractivity contribution < 1.29 is 27.1 Å². The van der Waals surface area contributed by atoms with Crippen LogP contribution in [0.5, 0.6) is 11.5 Å². The largest absolute Gasteiger partial charge is 0.463 e. The van der Waals surface area contributed by atoms with Crippen molar-refractivity contribution in [2.24, 2.45) is 0 Å². The van der Waals surface area contributed by atoms with E-state index in [1.165, 1.54) is 12.3 Å². The minimum absolute atomic E-state index is 0.00563. The van der Waals surface area contributed by atoms with E-state index in [2.05, 4.69) is 4.98 Å². The molecule has 1 aliphatic rings. The molecule has 2 aromatic heterocycles. The Balaban J connectivity index is 1.90. The summed E-state index contributed by atoms with van der Waals surface area (Å²) in [5.74, 6) is 0.822. The fraction of sp³-hybridized carbons (Fsp3) is 0.100. The Morgan fingerprint density at radius 1 is 1.00 bits per heavy atom. The van der Waals surface area contributed by atoms with Gasteiger partial charge in [0.05, 0.1) is 22.2 Å². The fourth-order valence-electron chi connectivity index (χ4n) is 3.40. The quantitative estimate of drug-likeness (QED) is 0.442. The Kier molecular flexibility index (Phi) is 3.39. The number of ether oxygens (including phenoxy) is 2. The van der Waals surface area contributed by atoms with Crippen LogP contribution in [0.4, 0.5) is 13.2 Å². The van der Waals surface area contributed by atoms with Gasteiger partial charge in [0, 0.05) is 11.6 Å². The van der Waals surface area contributed by atoms with Crippen LogP contribution in [0, 0.1) is 0 Å². The predicted molar refractivity (Wildman–Crippen MR) is 94.3 cm³/mol. The summed E-state index contributed by atoms with van der Waals surface area (Å²) in [6.07, 6.45) is -2.46. The van der Waals surface area contributed by atoms with E-state index in [1.54, 1.807) is 24.3 Å². The molecule has 0 unspecified atom stereocenters. The van der Waals surface area contributed by atoms with Gasteiger partial charge in [-0.05, 0) is 29.7 Å². The second kappa shape index (κ2) is 5.72. The van der Waals surface area contributed by atoms with Gasteiger partial charge in [0.15, 0.2) is 11.5 Å². The molecule has 0 amide bonds. The summed E-state index contributed by atoms with van der Waals surface area (Å²) in [4.78, 5) is 17.1. The van der Waals surface area contributed by atoms with Crippen LogP contribution in [0.25, 0.3) is 33.0 Å². The lowest BCUT2D eigenvalue weighted by atomic mass is 10.0. The lowest BCUT2D eigenvalue weighted by Gasteiger charge is -2.12. The summed E-state index contributed by atoms with van der Waals surface area (Å²) in [6, 6.07) is 8.84. The van der Waals surface area contributed by atoms with Crippen molar-refractivity contribution in [2.75, 3.05) is 6.79 Å². The summed E-state index contributed by atoms with van der Waals surface area (Å²) in [5.41, 5.74) is -2.15. The maximum Gasteiger partial charge on any atom is 0.418 e. The van der Waals surface area contributed by atoms with Crippen LogP contribution in [0.3, 0.4) is 0 Å². The van der Waals surface area contributed by atoms with Gasteiger partial charge < -0.3 is 13.9 Å². The molecule has 28 heavy (non-hydrogen) atoms. The number of nitrogens with zero attached hydrogens (tertiary/aromatic N) is 1. The highest BCUT2D eigenvalue weighted by Crippen LogP contribution is 2.42. The van der Waals surface area contributed by atoms with Gasteiger partial charge in [-0.25, -0.2) is 0 Å². The zero-order chi connectivity index (χ0) is 19.5. The molecular weight excluding hydrogens is 375 g/mol. The van der Waals surface area contributed by atoms with E-state index >= 15 is 0 Å². The molecule has 0 bridgehead atoms. The van der Waals surface area contributed by atoms with Crippen molar-refractivity contribution in [3.63, 3.8) is 0 Å². The van der Waals surface area contributed by atoms with Gasteiger partial charge in [0.2, 0.25) is 12.2 Å². The second-order valence-electron chi connectivity index (χ2n) is 6.21. The molecule has 0 fully saturated rings. The summed E-state index contributed by atoms with van der Waals surface area (Å²) in [7, 11) is 0. The highest BCUT2D eigenvalue weighted by Gasteiger charge is 2.35. The maximum atomic E-state index is 13.4. The van der Waals surface area contributed by atoms with Crippen LogP contribution in [0.1, 0.15) is 5.56 Å². The third-order valence-corrected chi connectivity index (χ3v) is 4.63. The molecule has 1 aliphatic heterocycles. The van der Waals surface area contributed by atoms with E-state index in [0.717, 1.165) is 12.3 Å². The standard InChI is InChI=1S/C20H10F3NO4/c21-20(22,23)12-2-1-7-24-17(12)11-8-26-13-5-3-10-4-6-14-19(28-9-27-14)15(10)16(13)18(11)25/h1-8H,9H2. The van der Waals surface area contributed by atoms with E-state index in [-0.39, 0.29) is 23.3 Å². The molecule has 140 valence electrons. The number of rotatable bonds is 1.